The summed E-state index contributed by atoms with van der Waals surface area (Å²) < 4.78 is 69.9. The molecule has 0 unspecified atom stereocenters. The van der Waals surface area contributed by atoms with Crippen molar-refractivity contribution in [3.63, 3.8) is 0 Å². The number of hydrogen-bond donors (Lipinski definition) is 0. The van der Waals surface area contributed by atoms with Crippen LogP contribution in [0.1, 0.15) is 0 Å². The highest BCUT2D eigenvalue weighted by atomic mass is 32.1. The van der Waals surface area contributed by atoms with E-state index in [9.17, 15) is 0 Å². The number of fused-ring (bicyclic) bond motifs is 11. The lowest BCUT2D eigenvalue weighted by Crippen LogP contribution is -1.91. The lowest BCUT2D eigenvalue weighted by Gasteiger charge is -2.06. The predicted molar refractivity (Wildman–Crippen MR) is 222 cm³/mol. The molecule has 256 valence electrons. The minimum absolute atomic E-state index is 0.000534. The highest BCUT2D eigenvalue weighted by Gasteiger charge is 2.25. The van der Waals surface area contributed by atoms with Crippen molar-refractivity contribution in [3.8, 4) is 21.1 Å². The molecule has 0 radical (unpaired) electrons. The number of rotatable bonds is 2. The maximum Gasteiger partial charge on any atom is 0.158 e. The molecule has 12 aromatic rings. The van der Waals surface area contributed by atoms with Gasteiger partial charge in [-0.2, -0.15) is 0 Å². The third kappa shape index (κ3) is 4.25. The molecule has 6 aromatic carbocycles. The predicted octanol–water partition coefficient (Wildman–Crippen LogP) is 15.0. The number of pyridine rings is 2. The normalized spacial score (nSPS) is 12.4. The molecule has 0 atom stereocenters. The Hall–Kier alpha value is -5.52. The van der Waals surface area contributed by atoms with Crippen LogP contribution >= 0.6 is 45.3 Å². The van der Waals surface area contributed by atoms with Crippen LogP contribution < -0.4 is 0 Å². The van der Waals surface area contributed by atoms with E-state index in [-0.39, 0.29) is 21.1 Å². The molecule has 0 bridgehead atoms. The van der Waals surface area contributed by atoms with Crippen molar-refractivity contribution in [1.29, 1.82) is 0 Å². The van der Waals surface area contributed by atoms with Gasteiger partial charge in [0, 0.05) is 74.3 Å². The molecule has 12 rings (SSSR count). The van der Waals surface area contributed by atoms with Gasteiger partial charge in [-0.05, 0) is 70.1 Å². The maximum atomic E-state index is 16.3. The monoisotopic (exact) mass is 778 g/mol. The second-order valence-corrected chi connectivity index (χ2v) is 17.7. The second kappa shape index (κ2) is 11.0. The molecule has 10 heteroatoms. The molecule has 0 saturated heterocycles. The first kappa shape index (κ1) is 30.9. The van der Waals surface area contributed by atoms with Gasteiger partial charge in [-0.15, -0.1) is 45.3 Å². The van der Waals surface area contributed by atoms with Gasteiger partial charge in [-0.25, -0.2) is 17.6 Å². The summed E-state index contributed by atoms with van der Waals surface area (Å²) in [7, 11) is 0. The van der Waals surface area contributed by atoms with Crippen LogP contribution in [0.5, 0.6) is 0 Å². The summed E-state index contributed by atoms with van der Waals surface area (Å²) in [5.41, 5.74) is 0.00107. The van der Waals surface area contributed by atoms with Crippen LogP contribution in [0.25, 0.3) is 114 Å². The zero-order valence-electron chi connectivity index (χ0n) is 27.4. The van der Waals surface area contributed by atoms with Crippen LogP contribution in [0.2, 0.25) is 0 Å². The number of nitrogens with zero attached hydrogens (tertiary/aromatic N) is 2. The van der Waals surface area contributed by atoms with E-state index in [0.29, 0.717) is 41.7 Å². The first-order valence-corrected chi connectivity index (χ1v) is 20.2. The van der Waals surface area contributed by atoms with Crippen molar-refractivity contribution in [3.05, 3.63) is 133 Å². The van der Waals surface area contributed by atoms with Crippen LogP contribution in [0.3, 0.4) is 0 Å². The van der Waals surface area contributed by atoms with Gasteiger partial charge in [0.05, 0.1) is 19.2 Å². The van der Waals surface area contributed by atoms with E-state index in [2.05, 4.69) is 9.97 Å². The summed E-state index contributed by atoms with van der Waals surface area (Å²) in [6, 6.07) is 30.5. The van der Waals surface area contributed by atoms with Crippen molar-refractivity contribution in [1.82, 2.24) is 9.97 Å². The Morgan fingerprint density at radius 1 is 0.352 bits per heavy atom. The number of halogens is 4. The van der Waals surface area contributed by atoms with Gasteiger partial charge in [0.2, 0.25) is 0 Å². The molecule has 2 nitrogen and oxygen atoms in total. The third-order valence-electron chi connectivity index (χ3n) is 10.4. The van der Waals surface area contributed by atoms with Gasteiger partial charge in [0.15, 0.2) is 23.3 Å². The van der Waals surface area contributed by atoms with E-state index in [1.165, 1.54) is 22.7 Å². The Balaban J connectivity index is 0.981. The summed E-state index contributed by atoms with van der Waals surface area (Å²) in [5, 5.41) is 8.50. The van der Waals surface area contributed by atoms with E-state index in [1.54, 1.807) is 47.2 Å². The Morgan fingerprint density at radius 3 is 1.17 bits per heavy atom. The topological polar surface area (TPSA) is 25.8 Å². The molecule has 0 aliphatic carbocycles. The molecule has 0 aliphatic rings. The van der Waals surface area contributed by atoms with Gasteiger partial charge in [-0.3, -0.25) is 9.97 Å². The maximum absolute atomic E-state index is 16.3. The third-order valence-corrected chi connectivity index (χ3v) is 15.2. The number of benzene rings is 6. The van der Waals surface area contributed by atoms with Crippen molar-refractivity contribution in [2.45, 2.75) is 0 Å². The summed E-state index contributed by atoms with van der Waals surface area (Å²) >= 11 is 5.51. The average Bonchev–Trinajstić information content (AvgIpc) is 3.91. The molecule has 54 heavy (non-hydrogen) atoms. The number of aromatic nitrogens is 2. The van der Waals surface area contributed by atoms with Crippen molar-refractivity contribution >= 4 is 138 Å². The summed E-state index contributed by atoms with van der Waals surface area (Å²) in [6.07, 6.45) is 3.22. The Kier molecular flexibility index (Phi) is 6.30. The lowest BCUT2D eigenvalue weighted by molar-refractivity contribution is 0.627. The van der Waals surface area contributed by atoms with E-state index in [0.717, 1.165) is 51.1 Å². The molecule has 0 N–H and O–H groups in total. The highest BCUT2D eigenvalue weighted by Crippen LogP contribution is 2.50. The number of thiophene rings is 4. The number of hydrogen-bond acceptors (Lipinski definition) is 6. The minimum Gasteiger partial charge on any atom is -0.252 e. The zero-order valence-corrected chi connectivity index (χ0v) is 30.7. The van der Waals surface area contributed by atoms with Gasteiger partial charge in [-0.1, -0.05) is 48.5 Å². The van der Waals surface area contributed by atoms with Crippen LogP contribution in [0.15, 0.2) is 109 Å². The molecule has 0 amide bonds. The Morgan fingerprint density at radius 2 is 0.741 bits per heavy atom. The smallest absolute Gasteiger partial charge is 0.158 e. The first-order chi connectivity index (χ1) is 26.4. The van der Waals surface area contributed by atoms with Crippen LogP contribution in [-0.4, -0.2) is 9.97 Å². The van der Waals surface area contributed by atoms with E-state index < -0.39 is 23.3 Å². The fourth-order valence-electron chi connectivity index (χ4n) is 7.75. The Labute approximate surface area is 317 Å². The van der Waals surface area contributed by atoms with Crippen molar-refractivity contribution in [2.24, 2.45) is 0 Å². The highest BCUT2D eigenvalue weighted by molar-refractivity contribution is 7.37. The Bertz CT molecular complexity index is 3390. The van der Waals surface area contributed by atoms with E-state index in [4.69, 9.17) is 0 Å². The van der Waals surface area contributed by atoms with Gasteiger partial charge in [0.25, 0.3) is 0 Å². The molecular formula is C44H18F4N2S4. The SMILES string of the molecule is Fc1c(-c2sc3cc4sc5c6cc7c(F)c(-c8ncc9cc%10ccccc%10cc9c8F)sc7cc6sc5c4cc3c2F)ncc2cc3ccccc3cc12. The quantitative estimate of drug-likeness (QED) is 0.129. The molecule has 0 saturated carbocycles. The van der Waals surface area contributed by atoms with E-state index >= 15 is 17.6 Å². The van der Waals surface area contributed by atoms with Gasteiger partial charge in [0.1, 0.15) is 11.4 Å². The van der Waals surface area contributed by atoms with Crippen LogP contribution in [-0.2, 0) is 0 Å². The van der Waals surface area contributed by atoms with Crippen LogP contribution in [0.4, 0.5) is 17.6 Å². The summed E-state index contributed by atoms with van der Waals surface area (Å²) in [4.78, 5) is 9.14. The molecule has 0 fully saturated rings. The standard InChI is InChI=1S/C44H18F4N2S4/c45-35-25-11-21-7-3-1-5-19(21)9-23(25)17-49-39(35)43-37(47)27-13-29-33(15-31(27)53-43)51-42-30-14-28-32(16-34(30)52-41(29)42)54-44(38(28)48)40-36(46)26-12-22-8-4-2-6-20(22)10-24(26)18-50-40/h1-18H. The molecule has 6 heterocycles. The minimum atomic E-state index is -0.541. The molecule has 0 aliphatic heterocycles. The molecule has 0 spiro atoms. The molecule has 6 aromatic heterocycles. The van der Waals surface area contributed by atoms with Gasteiger partial charge < -0.3 is 0 Å². The first-order valence-electron chi connectivity index (χ1n) is 17.0. The largest absolute Gasteiger partial charge is 0.252 e. The second-order valence-electron chi connectivity index (χ2n) is 13.5. The average molecular weight is 779 g/mol. The molecular weight excluding hydrogens is 761 g/mol. The fraction of sp³-hybridized carbons (Fsp3) is 0. The summed E-state index contributed by atoms with van der Waals surface area (Å²) in [6.45, 7) is 0. The summed E-state index contributed by atoms with van der Waals surface area (Å²) in [5.74, 6) is -2.08. The zero-order chi connectivity index (χ0) is 36.0. The van der Waals surface area contributed by atoms with Crippen molar-refractivity contribution in [2.75, 3.05) is 0 Å². The fourth-order valence-corrected chi connectivity index (χ4v) is 12.8. The lowest BCUT2D eigenvalue weighted by atomic mass is 10.0. The van der Waals surface area contributed by atoms with Crippen molar-refractivity contribution < 1.29 is 17.6 Å². The van der Waals surface area contributed by atoms with Gasteiger partial charge >= 0.3 is 0 Å². The van der Waals surface area contributed by atoms with E-state index in [1.807, 2.05) is 84.9 Å². The van der Waals surface area contributed by atoms with Crippen LogP contribution in [0, 0.1) is 23.3 Å².